The van der Waals surface area contributed by atoms with E-state index in [1.54, 1.807) is 0 Å². The largest absolute Gasteiger partial charge is 0.375 e. The number of unbranched alkanes of at least 4 members (excludes halogenated alkanes) is 1. The molecule has 0 aromatic heterocycles. The minimum absolute atomic E-state index is 0.0752. The lowest BCUT2D eigenvalue weighted by atomic mass is 9.94. The maximum atomic E-state index is 10.1. The molecular formula is C10H18O2. The third kappa shape index (κ3) is 2.94. The Morgan fingerprint density at radius 2 is 2.33 bits per heavy atom. The summed E-state index contributed by atoms with van der Waals surface area (Å²) in [5, 5.41) is 0. The maximum absolute atomic E-state index is 10.1. The summed E-state index contributed by atoms with van der Waals surface area (Å²) in [6.07, 6.45) is 5.01. The molecule has 0 aromatic carbocycles. The summed E-state index contributed by atoms with van der Waals surface area (Å²) in [7, 11) is 0. The van der Waals surface area contributed by atoms with E-state index in [1.165, 1.54) is 0 Å². The fourth-order valence-electron chi connectivity index (χ4n) is 1.83. The lowest BCUT2D eigenvalue weighted by Crippen LogP contribution is -2.16. The summed E-state index contributed by atoms with van der Waals surface area (Å²) < 4.78 is 5.60. The first-order valence-electron chi connectivity index (χ1n) is 4.72. The zero-order valence-electron chi connectivity index (χ0n) is 8.01. The van der Waals surface area contributed by atoms with Gasteiger partial charge in [0.2, 0.25) is 0 Å². The molecule has 1 aliphatic rings. The van der Waals surface area contributed by atoms with Gasteiger partial charge in [-0.1, -0.05) is 0 Å². The van der Waals surface area contributed by atoms with Crippen molar-refractivity contribution in [3.05, 3.63) is 0 Å². The van der Waals surface area contributed by atoms with E-state index >= 15 is 0 Å². The summed E-state index contributed by atoms with van der Waals surface area (Å²) in [6, 6.07) is 0. The van der Waals surface area contributed by atoms with E-state index in [-0.39, 0.29) is 5.60 Å². The average Bonchev–Trinajstić information content (AvgIpc) is 2.31. The van der Waals surface area contributed by atoms with Gasteiger partial charge in [-0.05, 0) is 39.0 Å². The molecule has 0 amide bonds. The van der Waals surface area contributed by atoms with Crippen molar-refractivity contribution >= 4 is 6.29 Å². The van der Waals surface area contributed by atoms with E-state index in [0.29, 0.717) is 12.3 Å². The number of hydrogen-bond acceptors (Lipinski definition) is 2. The van der Waals surface area contributed by atoms with Crippen LogP contribution in [0.3, 0.4) is 0 Å². The molecule has 1 unspecified atom stereocenters. The molecule has 2 nitrogen and oxygen atoms in total. The molecule has 0 saturated carbocycles. The van der Waals surface area contributed by atoms with Gasteiger partial charge in [-0.3, -0.25) is 0 Å². The average molecular weight is 170 g/mol. The first kappa shape index (κ1) is 9.72. The molecule has 1 fully saturated rings. The zero-order chi connectivity index (χ0) is 9.03. The normalized spacial score (nSPS) is 27.3. The molecule has 1 saturated heterocycles. The van der Waals surface area contributed by atoms with Crippen molar-refractivity contribution in [3.63, 3.8) is 0 Å². The van der Waals surface area contributed by atoms with Crippen LogP contribution < -0.4 is 0 Å². The van der Waals surface area contributed by atoms with E-state index in [4.69, 9.17) is 4.74 Å². The van der Waals surface area contributed by atoms with Crippen molar-refractivity contribution in [3.8, 4) is 0 Å². The molecule has 2 heteroatoms. The highest BCUT2D eigenvalue weighted by atomic mass is 16.5. The molecule has 1 aliphatic heterocycles. The number of hydrogen-bond donors (Lipinski definition) is 0. The van der Waals surface area contributed by atoms with Crippen LogP contribution in [0.5, 0.6) is 0 Å². The van der Waals surface area contributed by atoms with Crippen LogP contribution in [-0.4, -0.2) is 18.5 Å². The molecule has 0 aromatic rings. The lowest BCUT2D eigenvalue weighted by Gasteiger charge is -2.15. The van der Waals surface area contributed by atoms with Gasteiger partial charge in [-0.25, -0.2) is 0 Å². The van der Waals surface area contributed by atoms with Crippen molar-refractivity contribution in [1.29, 1.82) is 0 Å². The molecule has 0 radical (unpaired) electrons. The van der Waals surface area contributed by atoms with Crippen LogP contribution in [0, 0.1) is 5.92 Å². The molecule has 70 valence electrons. The lowest BCUT2D eigenvalue weighted by molar-refractivity contribution is -0.108. The summed E-state index contributed by atoms with van der Waals surface area (Å²) in [5.74, 6) is 0.681. The van der Waals surface area contributed by atoms with Crippen LogP contribution in [0.4, 0.5) is 0 Å². The van der Waals surface area contributed by atoms with E-state index < -0.39 is 0 Å². The second-order valence-corrected chi connectivity index (χ2v) is 4.24. The van der Waals surface area contributed by atoms with Crippen LogP contribution in [-0.2, 0) is 9.53 Å². The molecule has 0 N–H and O–H groups in total. The smallest absolute Gasteiger partial charge is 0.119 e. The molecule has 1 heterocycles. The molecule has 0 spiro atoms. The number of carbonyl (C=O) groups excluding carboxylic acids is 1. The standard InChI is InChI=1S/C10H18O2/c1-10(2)7-9(8-12-10)5-3-4-6-11/h6,9H,3-5,7-8H2,1-2H3. The molecular weight excluding hydrogens is 152 g/mol. The Labute approximate surface area is 74.3 Å². The fourth-order valence-corrected chi connectivity index (χ4v) is 1.83. The predicted octanol–water partition coefficient (Wildman–Crippen LogP) is 2.17. The van der Waals surface area contributed by atoms with Crippen molar-refractivity contribution < 1.29 is 9.53 Å². The topological polar surface area (TPSA) is 26.3 Å². The van der Waals surface area contributed by atoms with Crippen LogP contribution in [0.1, 0.15) is 39.5 Å². The summed E-state index contributed by atoms with van der Waals surface area (Å²) in [4.78, 5) is 10.1. The Balaban J connectivity index is 2.15. The first-order valence-corrected chi connectivity index (χ1v) is 4.72. The van der Waals surface area contributed by atoms with Crippen molar-refractivity contribution in [2.45, 2.75) is 45.1 Å². The predicted molar refractivity (Wildman–Crippen MR) is 48.1 cm³/mol. The Hall–Kier alpha value is -0.370. The quantitative estimate of drug-likeness (QED) is 0.477. The first-order chi connectivity index (χ1) is 5.64. The van der Waals surface area contributed by atoms with Gasteiger partial charge in [0.15, 0.2) is 0 Å². The number of carbonyl (C=O) groups is 1. The van der Waals surface area contributed by atoms with E-state index in [9.17, 15) is 4.79 Å². The second-order valence-electron chi connectivity index (χ2n) is 4.24. The van der Waals surface area contributed by atoms with Crippen molar-refractivity contribution in [1.82, 2.24) is 0 Å². The van der Waals surface area contributed by atoms with Crippen LogP contribution in [0.25, 0.3) is 0 Å². The van der Waals surface area contributed by atoms with Crippen molar-refractivity contribution in [2.24, 2.45) is 5.92 Å². The molecule has 12 heavy (non-hydrogen) atoms. The summed E-state index contributed by atoms with van der Waals surface area (Å²) >= 11 is 0. The second kappa shape index (κ2) is 4.04. The Kier molecular flexibility index (Phi) is 3.27. The minimum Gasteiger partial charge on any atom is -0.375 e. The molecule has 0 aliphatic carbocycles. The maximum Gasteiger partial charge on any atom is 0.119 e. The highest BCUT2D eigenvalue weighted by molar-refractivity contribution is 5.48. The van der Waals surface area contributed by atoms with Gasteiger partial charge < -0.3 is 9.53 Å². The minimum atomic E-state index is 0.0752. The zero-order valence-corrected chi connectivity index (χ0v) is 8.01. The Morgan fingerprint density at radius 3 is 2.83 bits per heavy atom. The van der Waals surface area contributed by atoms with Gasteiger partial charge in [-0.15, -0.1) is 0 Å². The number of rotatable bonds is 4. The van der Waals surface area contributed by atoms with Gasteiger partial charge >= 0.3 is 0 Å². The van der Waals surface area contributed by atoms with E-state index in [1.807, 2.05) is 0 Å². The fraction of sp³-hybridized carbons (Fsp3) is 0.900. The van der Waals surface area contributed by atoms with Gasteiger partial charge in [-0.2, -0.15) is 0 Å². The number of aldehydes is 1. The highest BCUT2D eigenvalue weighted by Gasteiger charge is 2.31. The monoisotopic (exact) mass is 170 g/mol. The van der Waals surface area contributed by atoms with Crippen LogP contribution in [0.2, 0.25) is 0 Å². The highest BCUT2D eigenvalue weighted by Crippen LogP contribution is 2.31. The van der Waals surface area contributed by atoms with Crippen molar-refractivity contribution in [2.75, 3.05) is 6.61 Å². The number of ether oxygens (including phenoxy) is 1. The van der Waals surface area contributed by atoms with Crippen LogP contribution in [0.15, 0.2) is 0 Å². The van der Waals surface area contributed by atoms with Gasteiger partial charge in [0.1, 0.15) is 6.29 Å². The molecule has 1 rings (SSSR count). The molecule has 1 atom stereocenters. The van der Waals surface area contributed by atoms with E-state index in [2.05, 4.69) is 13.8 Å². The SMILES string of the molecule is CC1(C)CC(CCCC=O)CO1. The Morgan fingerprint density at radius 1 is 1.58 bits per heavy atom. The third-order valence-electron chi connectivity index (χ3n) is 2.42. The van der Waals surface area contributed by atoms with Gasteiger partial charge in [0, 0.05) is 6.42 Å². The third-order valence-corrected chi connectivity index (χ3v) is 2.42. The summed E-state index contributed by atoms with van der Waals surface area (Å²) in [5.41, 5.74) is 0.0752. The van der Waals surface area contributed by atoms with Gasteiger partial charge in [0.25, 0.3) is 0 Å². The summed E-state index contributed by atoms with van der Waals surface area (Å²) in [6.45, 7) is 5.14. The Bertz CT molecular complexity index is 152. The van der Waals surface area contributed by atoms with Crippen LogP contribution >= 0.6 is 0 Å². The van der Waals surface area contributed by atoms with Gasteiger partial charge in [0.05, 0.1) is 12.2 Å². The van der Waals surface area contributed by atoms with E-state index in [0.717, 1.165) is 32.2 Å². The molecule has 0 bridgehead atoms.